The largest absolute Gasteiger partial charge is 0.387 e. The zero-order chi connectivity index (χ0) is 7.84. The van der Waals surface area contributed by atoms with Crippen molar-refractivity contribution >= 4 is 11.6 Å². The van der Waals surface area contributed by atoms with Crippen LogP contribution in [0.25, 0.3) is 0 Å². The van der Waals surface area contributed by atoms with Crippen LogP contribution in [0.5, 0.6) is 0 Å². The highest BCUT2D eigenvalue weighted by Crippen LogP contribution is 2.33. The van der Waals surface area contributed by atoms with Gasteiger partial charge >= 0.3 is 0 Å². The van der Waals surface area contributed by atoms with Crippen LogP contribution >= 0.6 is 11.6 Å². The summed E-state index contributed by atoms with van der Waals surface area (Å²) >= 11 is 5.88. The minimum absolute atomic E-state index is 0.399. The van der Waals surface area contributed by atoms with Gasteiger partial charge in [0.25, 0.3) is 0 Å². The van der Waals surface area contributed by atoms with Crippen molar-refractivity contribution in [3.8, 4) is 0 Å². The van der Waals surface area contributed by atoms with Crippen molar-refractivity contribution in [1.29, 1.82) is 0 Å². The van der Waals surface area contributed by atoms with Crippen LogP contribution in [0.3, 0.4) is 0 Å². The van der Waals surface area contributed by atoms with Crippen LogP contribution in [-0.2, 0) is 6.42 Å². The van der Waals surface area contributed by atoms with Gasteiger partial charge in [-0.2, -0.15) is 0 Å². The van der Waals surface area contributed by atoms with Crippen LogP contribution in [-0.4, -0.2) is 10.1 Å². The number of aromatic nitrogens is 1. The fourth-order valence-corrected chi connectivity index (χ4v) is 1.68. The molecule has 1 aliphatic carbocycles. The van der Waals surface area contributed by atoms with E-state index >= 15 is 0 Å². The lowest BCUT2D eigenvalue weighted by atomic mass is 10.2. The third-order valence-electron chi connectivity index (χ3n) is 2.02. The molecular weight excluding hydrogens is 162 g/mol. The Morgan fingerprint density at radius 3 is 3.18 bits per heavy atom. The maximum atomic E-state index is 9.38. The van der Waals surface area contributed by atoms with Crippen molar-refractivity contribution < 1.29 is 5.11 Å². The number of rotatable bonds is 0. The van der Waals surface area contributed by atoms with Crippen LogP contribution < -0.4 is 0 Å². The summed E-state index contributed by atoms with van der Waals surface area (Å²) in [5.74, 6) is 0. The molecule has 3 heteroatoms. The second-order valence-corrected chi connectivity index (χ2v) is 3.12. The molecule has 1 aliphatic rings. The molecule has 0 fully saturated rings. The van der Waals surface area contributed by atoms with Crippen molar-refractivity contribution in [3.63, 3.8) is 0 Å². The minimum Gasteiger partial charge on any atom is -0.387 e. The van der Waals surface area contributed by atoms with Crippen molar-refractivity contribution in [3.05, 3.63) is 28.5 Å². The van der Waals surface area contributed by atoms with Gasteiger partial charge in [0.15, 0.2) is 0 Å². The molecule has 0 saturated carbocycles. The van der Waals surface area contributed by atoms with E-state index in [0.29, 0.717) is 0 Å². The average molecular weight is 170 g/mol. The van der Waals surface area contributed by atoms with Gasteiger partial charge in [-0.05, 0) is 24.5 Å². The molecular formula is C8H8ClNO. The maximum Gasteiger partial charge on any atom is 0.0966 e. The number of hydrogen-bond donors (Lipinski definition) is 1. The fraction of sp³-hybridized carbons (Fsp3) is 0.375. The molecule has 0 unspecified atom stereocenters. The molecule has 0 radical (unpaired) electrons. The predicted octanol–water partition coefficient (Wildman–Crippen LogP) is 1.71. The van der Waals surface area contributed by atoms with Crippen LogP contribution in [0.15, 0.2) is 12.3 Å². The molecule has 2 nitrogen and oxygen atoms in total. The Labute approximate surface area is 69.8 Å². The SMILES string of the molecule is O[C@H]1CCc2c(Cl)ccnc21. The lowest BCUT2D eigenvalue weighted by Crippen LogP contribution is -1.93. The van der Waals surface area contributed by atoms with E-state index in [1.165, 1.54) is 0 Å². The summed E-state index contributed by atoms with van der Waals surface area (Å²) in [6, 6.07) is 1.76. The topological polar surface area (TPSA) is 33.1 Å². The van der Waals surface area contributed by atoms with E-state index < -0.39 is 6.10 Å². The van der Waals surface area contributed by atoms with Gasteiger partial charge in [0, 0.05) is 11.2 Å². The molecule has 1 atom stereocenters. The van der Waals surface area contributed by atoms with Gasteiger partial charge in [-0.25, -0.2) is 0 Å². The van der Waals surface area contributed by atoms with E-state index in [2.05, 4.69) is 4.98 Å². The molecule has 58 valence electrons. The van der Waals surface area contributed by atoms with E-state index in [9.17, 15) is 5.11 Å². The zero-order valence-electron chi connectivity index (χ0n) is 5.92. The number of pyridine rings is 1. The molecule has 1 heterocycles. The number of halogens is 1. The van der Waals surface area contributed by atoms with Crippen molar-refractivity contribution in [2.45, 2.75) is 18.9 Å². The second-order valence-electron chi connectivity index (χ2n) is 2.71. The molecule has 0 amide bonds. The lowest BCUT2D eigenvalue weighted by Gasteiger charge is -2.01. The van der Waals surface area contributed by atoms with Gasteiger partial charge in [0.2, 0.25) is 0 Å². The average Bonchev–Trinajstić information content (AvgIpc) is 2.35. The highest BCUT2D eigenvalue weighted by molar-refractivity contribution is 6.31. The first-order valence-corrected chi connectivity index (χ1v) is 3.98. The Bertz CT molecular complexity index is 287. The summed E-state index contributed by atoms with van der Waals surface area (Å²) in [4.78, 5) is 4.07. The molecule has 11 heavy (non-hydrogen) atoms. The Morgan fingerprint density at radius 2 is 2.45 bits per heavy atom. The van der Waals surface area contributed by atoms with E-state index in [-0.39, 0.29) is 0 Å². The zero-order valence-corrected chi connectivity index (χ0v) is 6.67. The summed E-state index contributed by atoms with van der Waals surface area (Å²) in [5, 5.41) is 10.1. The van der Waals surface area contributed by atoms with Gasteiger partial charge in [-0.1, -0.05) is 11.6 Å². The molecule has 1 aromatic heterocycles. The third-order valence-corrected chi connectivity index (χ3v) is 2.37. The van der Waals surface area contributed by atoms with Crippen molar-refractivity contribution in [1.82, 2.24) is 4.98 Å². The molecule has 0 spiro atoms. The van der Waals surface area contributed by atoms with Gasteiger partial charge in [-0.15, -0.1) is 0 Å². The smallest absolute Gasteiger partial charge is 0.0966 e. The minimum atomic E-state index is -0.399. The maximum absolute atomic E-state index is 9.38. The van der Waals surface area contributed by atoms with Crippen molar-refractivity contribution in [2.75, 3.05) is 0 Å². The van der Waals surface area contributed by atoms with Crippen LogP contribution in [0.2, 0.25) is 5.02 Å². The van der Waals surface area contributed by atoms with E-state index in [1.807, 2.05) is 0 Å². The standard InChI is InChI=1S/C8H8ClNO/c9-6-3-4-10-8-5(6)1-2-7(8)11/h3-4,7,11H,1-2H2/t7-/m0/s1. The lowest BCUT2D eigenvalue weighted by molar-refractivity contribution is 0.176. The third kappa shape index (κ3) is 1.03. The molecule has 0 saturated heterocycles. The molecule has 0 aliphatic heterocycles. The van der Waals surface area contributed by atoms with Crippen LogP contribution in [0.4, 0.5) is 0 Å². The fourth-order valence-electron chi connectivity index (χ4n) is 1.44. The van der Waals surface area contributed by atoms with Gasteiger partial charge in [0.05, 0.1) is 11.8 Å². The number of aliphatic hydroxyl groups is 1. The summed E-state index contributed by atoms with van der Waals surface area (Å²) in [5.41, 5.74) is 1.78. The number of nitrogens with zero attached hydrogens (tertiary/aromatic N) is 1. The molecule has 1 N–H and O–H groups in total. The summed E-state index contributed by atoms with van der Waals surface area (Å²) in [7, 11) is 0. The first-order chi connectivity index (χ1) is 5.29. The normalized spacial score (nSPS) is 21.8. The Balaban J connectivity index is 2.57. The first-order valence-electron chi connectivity index (χ1n) is 3.60. The number of aliphatic hydroxyl groups excluding tert-OH is 1. The quantitative estimate of drug-likeness (QED) is 0.642. The number of hydrogen-bond acceptors (Lipinski definition) is 2. The number of fused-ring (bicyclic) bond motifs is 1. The highest BCUT2D eigenvalue weighted by atomic mass is 35.5. The van der Waals surface area contributed by atoms with E-state index in [1.54, 1.807) is 12.3 Å². The monoisotopic (exact) mass is 169 g/mol. The first kappa shape index (κ1) is 7.07. The molecule has 0 aromatic carbocycles. The Kier molecular flexibility index (Phi) is 1.59. The van der Waals surface area contributed by atoms with Gasteiger partial charge in [-0.3, -0.25) is 4.98 Å². The Hall–Kier alpha value is -0.600. The van der Waals surface area contributed by atoms with Crippen molar-refractivity contribution in [2.24, 2.45) is 0 Å². The summed E-state index contributed by atoms with van der Waals surface area (Å²) in [6.45, 7) is 0. The Morgan fingerprint density at radius 1 is 1.64 bits per heavy atom. The van der Waals surface area contributed by atoms with E-state index in [4.69, 9.17) is 11.6 Å². The summed E-state index contributed by atoms with van der Waals surface area (Å²) < 4.78 is 0. The highest BCUT2D eigenvalue weighted by Gasteiger charge is 2.23. The molecule has 1 aromatic rings. The predicted molar refractivity (Wildman–Crippen MR) is 42.5 cm³/mol. The van der Waals surface area contributed by atoms with Gasteiger partial charge in [0.1, 0.15) is 0 Å². The van der Waals surface area contributed by atoms with E-state index in [0.717, 1.165) is 29.1 Å². The van der Waals surface area contributed by atoms with Crippen LogP contribution in [0, 0.1) is 0 Å². The van der Waals surface area contributed by atoms with Gasteiger partial charge < -0.3 is 5.11 Å². The molecule has 0 bridgehead atoms. The second kappa shape index (κ2) is 2.47. The van der Waals surface area contributed by atoms with Crippen LogP contribution in [0.1, 0.15) is 23.8 Å². The molecule has 2 rings (SSSR count). The summed E-state index contributed by atoms with van der Waals surface area (Å²) in [6.07, 6.45) is 2.84.